The van der Waals surface area contributed by atoms with E-state index in [9.17, 15) is 9.59 Å². The van der Waals surface area contributed by atoms with E-state index in [0.717, 1.165) is 43.4 Å². The van der Waals surface area contributed by atoms with Crippen LogP contribution >= 0.6 is 11.6 Å². The third kappa shape index (κ3) is 2.98. The molecule has 0 radical (unpaired) electrons. The van der Waals surface area contributed by atoms with Crippen LogP contribution < -0.4 is 11.1 Å². The number of aromatic nitrogens is 1. The lowest BCUT2D eigenvalue weighted by Gasteiger charge is -2.58. The predicted molar refractivity (Wildman–Crippen MR) is 112 cm³/mol. The number of nitrogens with one attached hydrogen (secondary N) is 1. The van der Waals surface area contributed by atoms with E-state index >= 15 is 0 Å². The van der Waals surface area contributed by atoms with Gasteiger partial charge in [0.1, 0.15) is 5.69 Å². The topological polar surface area (TPSA) is 77.1 Å². The molecule has 152 valence electrons. The summed E-state index contributed by atoms with van der Waals surface area (Å²) in [7, 11) is 1.91. The smallest absolute Gasteiger partial charge is 0.268 e. The molecular weight excluding hydrogens is 386 g/mol. The molecule has 4 fully saturated rings. The summed E-state index contributed by atoms with van der Waals surface area (Å²) < 4.78 is 1.92. The second-order valence-electron chi connectivity index (χ2n) is 9.29. The molecule has 1 aromatic heterocycles. The molecule has 4 saturated carbocycles. The molecule has 2 unspecified atom stereocenters. The number of halogens is 1. The Hall–Kier alpha value is -2.27. The fourth-order valence-electron chi connectivity index (χ4n) is 6.46. The lowest BCUT2D eigenvalue weighted by atomic mass is 9.47. The summed E-state index contributed by atoms with van der Waals surface area (Å²) in [4.78, 5) is 25.3. The second-order valence-corrected chi connectivity index (χ2v) is 9.72. The molecule has 2 aromatic rings. The second kappa shape index (κ2) is 6.63. The minimum atomic E-state index is -0.331. The number of hydrogen-bond acceptors (Lipinski definition) is 2. The van der Waals surface area contributed by atoms with Crippen molar-refractivity contribution in [3.63, 3.8) is 0 Å². The van der Waals surface area contributed by atoms with Crippen LogP contribution in [-0.4, -0.2) is 22.4 Å². The fourth-order valence-corrected chi connectivity index (χ4v) is 6.65. The quantitative estimate of drug-likeness (QED) is 0.803. The van der Waals surface area contributed by atoms with Gasteiger partial charge < -0.3 is 15.6 Å². The van der Waals surface area contributed by atoms with Gasteiger partial charge in [0.05, 0.1) is 0 Å². The molecular formula is C23H26ClN3O2. The number of carbonyl (C=O) groups is 2. The Morgan fingerprint density at radius 3 is 2.52 bits per heavy atom. The lowest BCUT2D eigenvalue weighted by Crippen LogP contribution is -2.62. The monoisotopic (exact) mass is 411 g/mol. The van der Waals surface area contributed by atoms with Gasteiger partial charge in [-0.2, -0.15) is 0 Å². The fraction of sp³-hybridized carbons (Fsp3) is 0.478. The lowest BCUT2D eigenvalue weighted by molar-refractivity contribution is -0.145. The maximum absolute atomic E-state index is 13.1. The van der Waals surface area contributed by atoms with Gasteiger partial charge >= 0.3 is 0 Å². The maximum Gasteiger partial charge on any atom is 0.268 e. The molecule has 4 aliphatic rings. The molecule has 3 N–H and O–H groups in total. The largest absolute Gasteiger partial charge is 0.369 e. The van der Waals surface area contributed by atoms with Crippen molar-refractivity contribution >= 4 is 23.4 Å². The van der Waals surface area contributed by atoms with Crippen LogP contribution in [0.3, 0.4) is 0 Å². The molecule has 29 heavy (non-hydrogen) atoms. The minimum absolute atomic E-state index is 0.0497. The van der Waals surface area contributed by atoms with Crippen molar-refractivity contribution in [2.24, 2.45) is 36.0 Å². The average Bonchev–Trinajstić information content (AvgIpc) is 3.05. The first kappa shape index (κ1) is 18.7. The van der Waals surface area contributed by atoms with Crippen molar-refractivity contribution < 1.29 is 9.59 Å². The first-order valence-corrected chi connectivity index (χ1v) is 10.8. The van der Waals surface area contributed by atoms with E-state index in [1.807, 2.05) is 48.0 Å². The zero-order chi connectivity index (χ0) is 20.3. The highest BCUT2D eigenvalue weighted by Gasteiger charge is 2.58. The van der Waals surface area contributed by atoms with E-state index in [1.54, 1.807) is 0 Å². The predicted octanol–water partition coefficient (Wildman–Crippen LogP) is 3.76. The molecule has 2 amide bonds. The summed E-state index contributed by atoms with van der Waals surface area (Å²) in [6, 6.07) is 11.6. The molecule has 0 aliphatic heterocycles. The summed E-state index contributed by atoms with van der Waals surface area (Å²) in [6.07, 6.45) is 4.77. The zero-order valence-corrected chi connectivity index (χ0v) is 17.3. The molecule has 1 aromatic carbocycles. The Morgan fingerprint density at radius 2 is 1.86 bits per heavy atom. The first-order valence-electron chi connectivity index (χ1n) is 10.4. The Bertz CT molecular complexity index is 982. The van der Waals surface area contributed by atoms with Gasteiger partial charge in [-0.1, -0.05) is 23.7 Å². The van der Waals surface area contributed by atoms with E-state index in [0.29, 0.717) is 28.5 Å². The summed E-state index contributed by atoms with van der Waals surface area (Å²) in [6.45, 7) is 0. The minimum Gasteiger partial charge on any atom is -0.369 e. The molecule has 0 spiro atoms. The summed E-state index contributed by atoms with van der Waals surface area (Å²) in [5, 5.41) is 3.99. The summed E-state index contributed by atoms with van der Waals surface area (Å²) in [5.41, 5.74) is 8.02. The number of benzene rings is 1. The number of rotatable bonds is 4. The molecule has 5 nitrogen and oxygen atoms in total. The Kier molecular flexibility index (Phi) is 4.28. The molecule has 4 bridgehead atoms. The summed E-state index contributed by atoms with van der Waals surface area (Å²) >= 11 is 6.13. The number of amides is 2. The Morgan fingerprint density at radius 1 is 1.14 bits per heavy atom. The number of nitrogens with zero attached hydrogens (tertiary/aromatic N) is 1. The van der Waals surface area contributed by atoms with Gasteiger partial charge in [0.25, 0.3) is 5.91 Å². The van der Waals surface area contributed by atoms with Crippen molar-refractivity contribution in [3.05, 3.63) is 47.1 Å². The van der Waals surface area contributed by atoms with Crippen LogP contribution in [0.1, 0.15) is 42.6 Å². The van der Waals surface area contributed by atoms with Gasteiger partial charge in [-0.25, -0.2) is 0 Å². The van der Waals surface area contributed by atoms with Crippen LogP contribution in [0.25, 0.3) is 11.3 Å². The van der Waals surface area contributed by atoms with Crippen molar-refractivity contribution in [1.82, 2.24) is 9.88 Å². The van der Waals surface area contributed by atoms with Crippen molar-refractivity contribution in [2.75, 3.05) is 0 Å². The highest BCUT2D eigenvalue weighted by Crippen LogP contribution is 2.59. The third-order valence-electron chi connectivity index (χ3n) is 7.57. The maximum atomic E-state index is 13.1. The van der Waals surface area contributed by atoms with Gasteiger partial charge in [-0.3, -0.25) is 9.59 Å². The normalized spacial score (nSPS) is 32.3. The molecule has 0 saturated heterocycles. The first-order chi connectivity index (χ1) is 13.9. The summed E-state index contributed by atoms with van der Waals surface area (Å²) in [5.74, 6) is 1.09. The number of primary amides is 1. The van der Waals surface area contributed by atoms with E-state index in [-0.39, 0.29) is 23.3 Å². The molecule has 4 aliphatic carbocycles. The van der Waals surface area contributed by atoms with Gasteiger partial charge in [-0.15, -0.1) is 0 Å². The van der Waals surface area contributed by atoms with Crippen LogP contribution in [0.15, 0.2) is 36.4 Å². The zero-order valence-electron chi connectivity index (χ0n) is 16.5. The molecule has 1 heterocycles. The van der Waals surface area contributed by atoms with Crippen LogP contribution in [0, 0.1) is 23.2 Å². The van der Waals surface area contributed by atoms with Crippen LogP contribution in [0.4, 0.5) is 0 Å². The van der Waals surface area contributed by atoms with Gasteiger partial charge in [0, 0.05) is 29.2 Å². The number of hydrogen-bond donors (Lipinski definition) is 2. The third-order valence-corrected chi connectivity index (χ3v) is 7.80. The van der Waals surface area contributed by atoms with Gasteiger partial charge in [0.15, 0.2) is 0 Å². The van der Waals surface area contributed by atoms with E-state index in [1.165, 1.54) is 0 Å². The standard InChI is InChI=1S/C23H26ClN3O2/c1-27-18(14-3-2-4-17(24)9-14)5-6-19(27)21(28)26-20-15-7-13-8-16(20)12-23(10-13,11-15)22(25)29/h2-6,9,13,15-16,20H,7-8,10-12H2,1H3,(H2,25,29)(H,26,28). The average molecular weight is 412 g/mol. The Labute approximate surface area is 175 Å². The van der Waals surface area contributed by atoms with E-state index in [2.05, 4.69) is 5.32 Å². The van der Waals surface area contributed by atoms with Crippen LogP contribution in [0.2, 0.25) is 5.02 Å². The van der Waals surface area contributed by atoms with E-state index in [4.69, 9.17) is 17.3 Å². The van der Waals surface area contributed by atoms with Gasteiger partial charge in [-0.05, 0) is 79.7 Å². The highest BCUT2D eigenvalue weighted by molar-refractivity contribution is 6.30. The molecule has 6 rings (SSSR count). The van der Waals surface area contributed by atoms with Crippen LogP contribution in [-0.2, 0) is 11.8 Å². The number of carbonyl (C=O) groups excluding carboxylic acids is 2. The highest BCUT2D eigenvalue weighted by atomic mass is 35.5. The SMILES string of the molecule is Cn1c(C(=O)NC2C3CC4CC2CC(C(N)=O)(C4)C3)ccc1-c1cccc(Cl)c1. The Balaban J connectivity index is 1.36. The van der Waals surface area contributed by atoms with Crippen LogP contribution in [0.5, 0.6) is 0 Å². The van der Waals surface area contributed by atoms with Gasteiger partial charge in [0.2, 0.25) is 5.91 Å². The van der Waals surface area contributed by atoms with E-state index < -0.39 is 0 Å². The molecule has 6 heteroatoms. The molecule has 2 atom stereocenters. The number of nitrogens with two attached hydrogens (primary N) is 1. The van der Waals surface area contributed by atoms with Crippen molar-refractivity contribution in [1.29, 1.82) is 0 Å². The van der Waals surface area contributed by atoms with Crippen molar-refractivity contribution in [2.45, 2.75) is 38.1 Å². The van der Waals surface area contributed by atoms with Crippen molar-refractivity contribution in [3.8, 4) is 11.3 Å².